The summed E-state index contributed by atoms with van der Waals surface area (Å²) < 4.78 is 13.6. The number of rotatable bonds is 4. The van der Waals surface area contributed by atoms with Gasteiger partial charge in [0.05, 0.1) is 21.2 Å². The lowest BCUT2D eigenvalue weighted by atomic mass is 10.1. The summed E-state index contributed by atoms with van der Waals surface area (Å²) in [6.45, 7) is 0.0362. The summed E-state index contributed by atoms with van der Waals surface area (Å²) in [5, 5.41) is 14.2. The lowest BCUT2D eigenvalue weighted by Crippen LogP contribution is -2.05. The maximum Gasteiger partial charge on any atom is 0.275 e. The topological polar surface area (TPSA) is 55.2 Å². The van der Waals surface area contributed by atoms with Crippen molar-refractivity contribution >= 4 is 34.6 Å². The quantitative estimate of drug-likeness (QED) is 0.660. The number of hydrogen-bond acceptors (Lipinski definition) is 3. The number of nitrogens with zero attached hydrogens (tertiary/aromatic N) is 1. The zero-order chi connectivity index (χ0) is 14.7. The zero-order valence-electron chi connectivity index (χ0n) is 10.1. The van der Waals surface area contributed by atoms with Crippen LogP contribution in [0.3, 0.4) is 0 Å². The number of benzene rings is 2. The Morgan fingerprint density at radius 1 is 1.25 bits per heavy atom. The van der Waals surface area contributed by atoms with Crippen molar-refractivity contribution in [2.24, 2.45) is 0 Å². The fraction of sp³-hybridized carbons (Fsp3) is 0.0769. The molecule has 0 aromatic heterocycles. The van der Waals surface area contributed by atoms with Crippen molar-refractivity contribution in [1.82, 2.24) is 0 Å². The van der Waals surface area contributed by atoms with Gasteiger partial charge in [0.15, 0.2) is 0 Å². The summed E-state index contributed by atoms with van der Waals surface area (Å²) >= 11 is 11.6. The van der Waals surface area contributed by atoms with E-state index in [-0.39, 0.29) is 28.0 Å². The second kappa shape index (κ2) is 6.07. The molecular formula is C13H9Cl2FN2O2. The Hall–Kier alpha value is -1.85. The van der Waals surface area contributed by atoms with Crippen molar-refractivity contribution < 1.29 is 9.31 Å². The summed E-state index contributed by atoms with van der Waals surface area (Å²) in [6, 6.07) is 8.52. The molecule has 2 aromatic carbocycles. The molecule has 1 N–H and O–H groups in total. The summed E-state index contributed by atoms with van der Waals surface area (Å²) in [6.07, 6.45) is 0. The van der Waals surface area contributed by atoms with Crippen LogP contribution in [-0.2, 0) is 6.54 Å². The number of halogens is 3. The highest BCUT2D eigenvalue weighted by molar-refractivity contribution is 6.31. The fourth-order valence-electron chi connectivity index (χ4n) is 1.71. The van der Waals surface area contributed by atoms with E-state index >= 15 is 0 Å². The molecule has 0 radical (unpaired) electrons. The molecule has 0 aliphatic rings. The number of nitrogens with one attached hydrogen (secondary N) is 1. The highest BCUT2D eigenvalue weighted by Gasteiger charge is 2.16. The molecule has 0 fully saturated rings. The largest absolute Gasteiger partial charge is 0.378 e. The smallest absolute Gasteiger partial charge is 0.275 e. The van der Waals surface area contributed by atoms with E-state index in [0.29, 0.717) is 5.56 Å². The molecule has 104 valence electrons. The first-order chi connectivity index (χ1) is 9.49. The first-order valence-corrected chi connectivity index (χ1v) is 6.35. The van der Waals surface area contributed by atoms with Gasteiger partial charge in [0.2, 0.25) is 0 Å². The summed E-state index contributed by atoms with van der Waals surface area (Å²) in [5.41, 5.74) is 0.386. The molecule has 7 heteroatoms. The second-order valence-corrected chi connectivity index (χ2v) is 4.82. The van der Waals surface area contributed by atoms with Crippen LogP contribution in [0.25, 0.3) is 0 Å². The van der Waals surface area contributed by atoms with Gasteiger partial charge >= 0.3 is 0 Å². The predicted octanol–water partition coefficient (Wildman–Crippen LogP) is 4.65. The molecule has 2 aromatic rings. The van der Waals surface area contributed by atoms with Crippen LogP contribution in [0, 0.1) is 15.9 Å². The van der Waals surface area contributed by atoms with E-state index in [0.717, 1.165) is 6.07 Å². The van der Waals surface area contributed by atoms with Gasteiger partial charge in [-0.3, -0.25) is 10.1 Å². The minimum absolute atomic E-state index is 0.0362. The Labute approximate surface area is 124 Å². The molecule has 4 nitrogen and oxygen atoms in total. The molecule has 0 spiro atoms. The van der Waals surface area contributed by atoms with Crippen molar-refractivity contribution in [2.45, 2.75) is 6.54 Å². The van der Waals surface area contributed by atoms with E-state index in [2.05, 4.69) is 5.32 Å². The third-order valence-corrected chi connectivity index (χ3v) is 3.27. The van der Waals surface area contributed by atoms with E-state index in [1.54, 1.807) is 6.07 Å². The number of hydrogen-bond donors (Lipinski definition) is 1. The average molecular weight is 315 g/mol. The first-order valence-electron chi connectivity index (χ1n) is 5.59. The van der Waals surface area contributed by atoms with Crippen LogP contribution in [0.4, 0.5) is 15.8 Å². The summed E-state index contributed by atoms with van der Waals surface area (Å²) in [4.78, 5) is 10.4. The molecule has 0 aliphatic heterocycles. The standard InChI is InChI=1S/C13H9Cl2FN2O2/c14-8-4-5-12(11(16)6-8)17-7-9-10(15)2-1-3-13(9)18(19)20/h1-6,17H,7H2. The Balaban J connectivity index is 2.25. The van der Waals surface area contributed by atoms with E-state index in [9.17, 15) is 14.5 Å². The molecule has 0 bridgehead atoms. The lowest BCUT2D eigenvalue weighted by Gasteiger charge is -2.09. The summed E-state index contributed by atoms with van der Waals surface area (Å²) in [5.74, 6) is -0.535. The van der Waals surface area contributed by atoms with Crippen molar-refractivity contribution in [3.63, 3.8) is 0 Å². The second-order valence-electron chi connectivity index (χ2n) is 3.97. The normalized spacial score (nSPS) is 10.3. The van der Waals surface area contributed by atoms with Crippen LogP contribution in [0.15, 0.2) is 36.4 Å². The Bertz CT molecular complexity index is 665. The Kier molecular flexibility index (Phi) is 4.42. The van der Waals surface area contributed by atoms with E-state index in [1.165, 1.54) is 24.3 Å². The average Bonchev–Trinajstić information content (AvgIpc) is 2.38. The molecule has 0 unspecified atom stereocenters. The summed E-state index contributed by atoms with van der Waals surface area (Å²) in [7, 11) is 0. The van der Waals surface area contributed by atoms with Crippen molar-refractivity contribution in [3.05, 3.63) is 67.9 Å². The van der Waals surface area contributed by atoms with Crippen LogP contribution >= 0.6 is 23.2 Å². The highest BCUT2D eigenvalue weighted by atomic mass is 35.5. The van der Waals surface area contributed by atoms with Gasteiger partial charge in [0.25, 0.3) is 5.69 Å². The minimum atomic E-state index is -0.535. The molecule has 0 atom stereocenters. The number of anilines is 1. The molecule has 2 rings (SSSR count). The Morgan fingerprint density at radius 3 is 2.65 bits per heavy atom. The number of nitro benzene ring substituents is 1. The van der Waals surface area contributed by atoms with Gasteiger partial charge in [-0.05, 0) is 24.3 Å². The zero-order valence-corrected chi connectivity index (χ0v) is 11.6. The fourth-order valence-corrected chi connectivity index (χ4v) is 2.10. The van der Waals surface area contributed by atoms with Gasteiger partial charge in [-0.2, -0.15) is 0 Å². The molecule has 0 aliphatic carbocycles. The van der Waals surface area contributed by atoms with Crippen LogP contribution < -0.4 is 5.32 Å². The third-order valence-electron chi connectivity index (χ3n) is 2.68. The maximum atomic E-state index is 13.6. The molecule has 0 heterocycles. The van der Waals surface area contributed by atoms with Gasteiger partial charge in [-0.15, -0.1) is 0 Å². The first kappa shape index (κ1) is 14.6. The van der Waals surface area contributed by atoms with E-state index < -0.39 is 10.7 Å². The van der Waals surface area contributed by atoms with Crippen LogP contribution in [0.5, 0.6) is 0 Å². The third kappa shape index (κ3) is 3.18. The van der Waals surface area contributed by atoms with E-state index in [4.69, 9.17) is 23.2 Å². The lowest BCUT2D eigenvalue weighted by molar-refractivity contribution is -0.385. The molecular weight excluding hydrogens is 306 g/mol. The Morgan fingerprint density at radius 2 is 2.00 bits per heavy atom. The van der Waals surface area contributed by atoms with Crippen LogP contribution in [0.2, 0.25) is 10.0 Å². The predicted molar refractivity (Wildman–Crippen MR) is 76.8 cm³/mol. The SMILES string of the molecule is O=[N+]([O-])c1cccc(Cl)c1CNc1ccc(Cl)cc1F. The highest BCUT2D eigenvalue weighted by Crippen LogP contribution is 2.28. The van der Waals surface area contributed by atoms with Crippen LogP contribution in [-0.4, -0.2) is 4.92 Å². The maximum absolute atomic E-state index is 13.6. The van der Waals surface area contributed by atoms with Gasteiger partial charge in [-0.1, -0.05) is 29.3 Å². The van der Waals surface area contributed by atoms with Crippen molar-refractivity contribution in [3.8, 4) is 0 Å². The number of nitro groups is 1. The van der Waals surface area contributed by atoms with Gasteiger partial charge in [0, 0.05) is 17.6 Å². The minimum Gasteiger partial charge on any atom is -0.378 e. The molecule has 0 saturated heterocycles. The van der Waals surface area contributed by atoms with Gasteiger partial charge < -0.3 is 5.32 Å². The monoisotopic (exact) mass is 314 g/mol. The molecule has 20 heavy (non-hydrogen) atoms. The molecule has 0 amide bonds. The molecule has 0 saturated carbocycles. The van der Waals surface area contributed by atoms with Crippen LogP contribution in [0.1, 0.15) is 5.56 Å². The van der Waals surface area contributed by atoms with Gasteiger partial charge in [0.1, 0.15) is 5.82 Å². The van der Waals surface area contributed by atoms with E-state index in [1.807, 2.05) is 0 Å². The van der Waals surface area contributed by atoms with Gasteiger partial charge in [-0.25, -0.2) is 4.39 Å². The van der Waals surface area contributed by atoms with Crippen molar-refractivity contribution in [1.29, 1.82) is 0 Å². The van der Waals surface area contributed by atoms with Crippen molar-refractivity contribution in [2.75, 3.05) is 5.32 Å².